The van der Waals surface area contributed by atoms with Gasteiger partial charge in [-0.15, -0.1) is 0 Å². The SMILES string of the molecule is C[C@@H]1C[C@H]1c1ccncc1. The van der Waals surface area contributed by atoms with Crippen molar-refractivity contribution in [2.45, 2.75) is 19.3 Å². The molecule has 0 radical (unpaired) electrons. The molecule has 1 aliphatic carbocycles. The van der Waals surface area contributed by atoms with Crippen molar-refractivity contribution in [2.75, 3.05) is 0 Å². The maximum absolute atomic E-state index is 3.98. The fraction of sp³-hybridized carbons (Fsp3) is 0.444. The summed E-state index contributed by atoms with van der Waals surface area (Å²) in [5.74, 6) is 1.74. The van der Waals surface area contributed by atoms with Gasteiger partial charge in [0.05, 0.1) is 0 Å². The van der Waals surface area contributed by atoms with E-state index in [9.17, 15) is 0 Å². The van der Waals surface area contributed by atoms with Crippen LogP contribution in [0.2, 0.25) is 0 Å². The minimum absolute atomic E-state index is 0.836. The van der Waals surface area contributed by atoms with Gasteiger partial charge in [-0.05, 0) is 36.0 Å². The average Bonchev–Trinajstić information content (AvgIpc) is 2.69. The van der Waals surface area contributed by atoms with Crippen molar-refractivity contribution in [1.29, 1.82) is 0 Å². The Morgan fingerprint density at radius 3 is 2.50 bits per heavy atom. The molecule has 1 aliphatic rings. The molecular formula is C9H11N. The Morgan fingerprint density at radius 1 is 1.40 bits per heavy atom. The molecule has 10 heavy (non-hydrogen) atoms. The fourth-order valence-corrected chi connectivity index (χ4v) is 1.40. The first-order chi connectivity index (χ1) is 4.88. The van der Waals surface area contributed by atoms with Crippen LogP contribution in [0, 0.1) is 5.92 Å². The molecule has 1 nitrogen and oxygen atoms in total. The highest BCUT2D eigenvalue weighted by atomic mass is 14.6. The van der Waals surface area contributed by atoms with E-state index in [4.69, 9.17) is 0 Å². The highest BCUT2D eigenvalue weighted by Crippen LogP contribution is 2.46. The van der Waals surface area contributed by atoms with Crippen molar-refractivity contribution < 1.29 is 0 Å². The average molecular weight is 133 g/mol. The maximum Gasteiger partial charge on any atom is 0.0270 e. The molecule has 0 aromatic carbocycles. The van der Waals surface area contributed by atoms with Crippen LogP contribution in [0.25, 0.3) is 0 Å². The predicted octanol–water partition coefficient (Wildman–Crippen LogP) is 2.21. The predicted molar refractivity (Wildman–Crippen MR) is 40.8 cm³/mol. The van der Waals surface area contributed by atoms with Crippen molar-refractivity contribution in [2.24, 2.45) is 5.92 Å². The number of rotatable bonds is 1. The van der Waals surface area contributed by atoms with Gasteiger partial charge in [-0.3, -0.25) is 4.98 Å². The monoisotopic (exact) mass is 133 g/mol. The number of hydrogen-bond donors (Lipinski definition) is 0. The van der Waals surface area contributed by atoms with Crippen molar-refractivity contribution >= 4 is 0 Å². The van der Waals surface area contributed by atoms with Crippen molar-refractivity contribution in [3.8, 4) is 0 Å². The molecular weight excluding hydrogens is 122 g/mol. The molecule has 0 aliphatic heterocycles. The molecule has 0 unspecified atom stereocenters. The first-order valence-electron chi connectivity index (χ1n) is 3.78. The molecule has 1 heterocycles. The highest BCUT2D eigenvalue weighted by molar-refractivity contribution is 5.22. The fourth-order valence-electron chi connectivity index (χ4n) is 1.40. The third-order valence-corrected chi connectivity index (χ3v) is 2.24. The van der Waals surface area contributed by atoms with E-state index in [1.54, 1.807) is 0 Å². The zero-order valence-electron chi connectivity index (χ0n) is 6.12. The summed E-state index contributed by atoms with van der Waals surface area (Å²) in [6.07, 6.45) is 5.12. The second-order valence-corrected chi connectivity index (χ2v) is 3.10. The summed E-state index contributed by atoms with van der Waals surface area (Å²) in [7, 11) is 0. The lowest BCUT2D eigenvalue weighted by Gasteiger charge is -1.93. The van der Waals surface area contributed by atoms with Gasteiger partial charge in [-0.2, -0.15) is 0 Å². The van der Waals surface area contributed by atoms with Crippen LogP contribution in [-0.4, -0.2) is 4.98 Å². The largest absolute Gasteiger partial charge is 0.265 e. The number of nitrogens with zero attached hydrogens (tertiary/aromatic N) is 1. The Morgan fingerprint density at radius 2 is 2.00 bits per heavy atom. The van der Waals surface area contributed by atoms with Crippen molar-refractivity contribution in [3.05, 3.63) is 30.1 Å². The summed E-state index contributed by atoms with van der Waals surface area (Å²) in [6, 6.07) is 4.24. The molecule has 1 saturated carbocycles. The summed E-state index contributed by atoms with van der Waals surface area (Å²) in [4.78, 5) is 3.98. The summed E-state index contributed by atoms with van der Waals surface area (Å²) >= 11 is 0. The maximum atomic E-state index is 3.98. The Kier molecular flexibility index (Phi) is 1.23. The molecule has 1 aromatic heterocycles. The van der Waals surface area contributed by atoms with Crippen LogP contribution in [0.1, 0.15) is 24.8 Å². The third-order valence-electron chi connectivity index (χ3n) is 2.24. The van der Waals surface area contributed by atoms with E-state index in [1.165, 1.54) is 12.0 Å². The van der Waals surface area contributed by atoms with Gasteiger partial charge in [0.1, 0.15) is 0 Å². The van der Waals surface area contributed by atoms with Gasteiger partial charge in [0.2, 0.25) is 0 Å². The molecule has 1 heteroatoms. The van der Waals surface area contributed by atoms with Crippen LogP contribution in [0.3, 0.4) is 0 Å². The molecule has 0 N–H and O–H groups in total. The van der Waals surface area contributed by atoms with E-state index in [-0.39, 0.29) is 0 Å². The van der Waals surface area contributed by atoms with Crippen LogP contribution >= 0.6 is 0 Å². The van der Waals surface area contributed by atoms with Crippen molar-refractivity contribution in [1.82, 2.24) is 4.98 Å². The Labute approximate surface area is 61.1 Å². The van der Waals surface area contributed by atoms with E-state index >= 15 is 0 Å². The molecule has 0 spiro atoms. The van der Waals surface area contributed by atoms with Crippen LogP contribution in [0.5, 0.6) is 0 Å². The zero-order valence-corrected chi connectivity index (χ0v) is 6.12. The first-order valence-corrected chi connectivity index (χ1v) is 3.78. The smallest absolute Gasteiger partial charge is 0.0270 e. The van der Waals surface area contributed by atoms with Crippen LogP contribution in [0.15, 0.2) is 24.5 Å². The van der Waals surface area contributed by atoms with E-state index < -0.39 is 0 Å². The van der Waals surface area contributed by atoms with Crippen LogP contribution in [-0.2, 0) is 0 Å². The molecule has 2 atom stereocenters. The summed E-state index contributed by atoms with van der Waals surface area (Å²) in [5.41, 5.74) is 1.46. The molecule has 1 aromatic rings. The van der Waals surface area contributed by atoms with E-state index in [2.05, 4.69) is 24.0 Å². The number of hydrogen-bond acceptors (Lipinski definition) is 1. The number of aromatic nitrogens is 1. The second kappa shape index (κ2) is 2.08. The minimum Gasteiger partial charge on any atom is -0.265 e. The van der Waals surface area contributed by atoms with E-state index in [0.717, 1.165) is 11.8 Å². The Hall–Kier alpha value is -0.850. The summed E-state index contributed by atoms with van der Waals surface area (Å²) in [5, 5.41) is 0. The lowest BCUT2D eigenvalue weighted by atomic mass is 10.1. The normalized spacial score (nSPS) is 30.1. The van der Waals surface area contributed by atoms with Gasteiger partial charge in [-0.1, -0.05) is 6.92 Å². The number of pyridine rings is 1. The minimum atomic E-state index is 0.836. The molecule has 0 amide bonds. The van der Waals surface area contributed by atoms with Crippen molar-refractivity contribution in [3.63, 3.8) is 0 Å². The van der Waals surface area contributed by atoms with Gasteiger partial charge >= 0.3 is 0 Å². The van der Waals surface area contributed by atoms with E-state index in [1.807, 2.05) is 12.4 Å². The third kappa shape index (κ3) is 0.919. The molecule has 0 bridgehead atoms. The van der Waals surface area contributed by atoms with Gasteiger partial charge in [0.25, 0.3) is 0 Å². The standard InChI is InChI=1S/C9H11N/c1-7-6-9(7)8-2-4-10-5-3-8/h2-5,7,9H,6H2,1H3/t7-,9-/m1/s1. The Bertz CT molecular complexity index is 217. The van der Waals surface area contributed by atoms with E-state index in [0.29, 0.717) is 0 Å². The molecule has 1 fully saturated rings. The zero-order chi connectivity index (χ0) is 6.97. The van der Waals surface area contributed by atoms with Gasteiger partial charge in [0.15, 0.2) is 0 Å². The molecule has 52 valence electrons. The highest BCUT2D eigenvalue weighted by Gasteiger charge is 2.33. The second-order valence-electron chi connectivity index (χ2n) is 3.10. The lowest BCUT2D eigenvalue weighted by Crippen LogP contribution is -1.79. The summed E-state index contributed by atoms with van der Waals surface area (Å²) in [6.45, 7) is 2.30. The first kappa shape index (κ1) is 5.90. The lowest BCUT2D eigenvalue weighted by molar-refractivity contribution is 0.912. The van der Waals surface area contributed by atoms with Gasteiger partial charge in [0, 0.05) is 12.4 Å². The molecule has 0 saturated heterocycles. The quantitative estimate of drug-likeness (QED) is 0.572. The van der Waals surface area contributed by atoms with Gasteiger partial charge in [-0.25, -0.2) is 0 Å². The van der Waals surface area contributed by atoms with Crippen LogP contribution in [0.4, 0.5) is 0 Å². The summed E-state index contributed by atoms with van der Waals surface area (Å²) < 4.78 is 0. The Balaban J connectivity index is 2.20. The molecule has 2 rings (SSSR count). The van der Waals surface area contributed by atoms with Gasteiger partial charge < -0.3 is 0 Å². The topological polar surface area (TPSA) is 12.9 Å². The van der Waals surface area contributed by atoms with Crippen LogP contribution < -0.4 is 0 Å².